The van der Waals surface area contributed by atoms with Gasteiger partial charge in [0.25, 0.3) is 0 Å². The molecule has 0 amide bonds. The highest BCUT2D eigenvalue weighted by atomic mass is 32.1. The van der Waals surface area contributed by atoms with Gasteiger partial charge in [-0.05, 0) is 33.3 Å². The van der Waals surface area contributed by atoms with E-state index in [0.29, 0.717) is 17.0 Å². The minimum atomic E-state index is -0.743. The number of rotatable bonds is 7. The lowest BCUT2D eigenvalue weighted by Crippen LogP contribution is -2.36. The second-order valence-corrected chi connectivity index (χ2v) is 9.03. The van der Waals surface area contributed by atoms with E-state index in [2.05, 4.69) is 4.99 Å². The lowest BCUT2D eigenvalue weighted by molar-refractivity contribution is -0.146. The van der Waals surface area contributed by atoms with Crippen molar-refractivity contribution in [1.82, 2.24) is 4.98 Å². The number of hydrogen-bond acceptors (Lipinski definition) is 7. The van der Waals surface area contributed by atoms with Crippen LogP contribution in [-0.4, -0.2) is 35.8 Å². The number of aliphatic imine (C=N–C) groups is 1. The first-order chi connectivity index (χ1) is 17.0. The molecule has 0 fully saturated rings. The zero-order chi connectivity index (χ0) is 24.9. The summed E-state index contributed by atoms with van der Waals surface area (Å²) < 4.78 is 10.8. The van der Waals surface area contributed by atoms with Crippen molar-refractivity contribution in [1.29, 1.82) is 0 Å². The summed E-state index contributed by atoms with van der Waals surface area (Å²) in [4.78, 5) is 35.8. The van der Waals surface area contributed by atoms with E-state index in [1.807, 2.05) is 60.0 Å². The van der Waals surface area contributed by atoms with Crippen LogP contribution in [0.3, 0.4) is 0 Å². The SMILES string of the molecule is CCOC(=O)C1=C(C)N=C(C)C(C(=O)OCC)C1c1ccccc1-c1nc(-c2ccccc2)cs1. The van der Waals surface area contributed by atoms with Crippen LogP contribution in [0.5, 0.6) is 0 Å². The quantitative estimate of drug-likeness (QED) is 0.378. The monoisotopic (exact) mass is 488 g/mol. The van der Waals surface area contributed by atoms with Gasteiger partial charge >= 0.3 is 11.9 Å². The molecule has 2 aromatic carbocycles. The summed E-state index contributed by atoms with van der Waals surface area (Å²) >= 11 is 1.53. The molecule has 0 radical (unpaired) electrons. The molecule has 0 aliphatic carbocycles. The summed E-state index contributed by atoms with van der Waals surface area (Å²) in [5.74, 6) is -2.23. The third-order valence-corrected chi connectivity index (χ3v) is 6.84. The van der Waals surface area contributed by atoms with Gasteiger partial charge in [0.15, 0.2) is 0 Å². The van der Waals surface area contributed by atoms with E-state index >= 15 is 0 Å². The zero-order valence-electron chi connectivity index (χ0n) is 20.3. The van der Waals surface area contributed by atoms with Crippen molar-refractivity contribution in [2.24, 2.45) is 10.9 Å². The van der Waals surface area contributed by atoms with Crippen LogP contribution in [0.25, 0.3) is 21.8 Å². The average Bonchev–Trinajstić information content (AvgIpc) is 3.34. The molecule has 35 heavy (non-hydrogen) atoms. The first-order valence-corrected chi connectivity index (χ1v) is 12.5. The molecule has 1 aromatic heterocycles. The number of benzene rings is 2. The highest BCUT2D eigenvalue weighted by Gasteiger charge is 2.43. The maximum atomic E-state index is 13.2. The van der Waals surface area contributed by atoms with E-state index in [1.165, 1.54) is 11.3 Å². The van der Waals surface area contributed by atoms with Crippen LogP contribution in [0.15, 0.2) is 76.2 Å². The van der Waals surface area contributed by atoms with Crippen molar-refractivity contribution in [2.45, 2.75) is 33.6 Å². The molecule has 0 saturated heterocycles. The van der Waals surface area contributed by atoms with Crippen molar-refractivity contribution in [2.75, 3.05) is 13.2 Å². The molecule has 0 N–H and O–H groups in total. The van der Waals surface area contributed by atoms with Crippen LogP contribution < -0.4 is 0 Å². The molecular weight excluding hydrogens is 460 g/mol. The van der Waals surface area contributed by atoms with Gasteiger partial charge in [-0.1, -0.05) is 54.6 Å². The molecule has 2 unspecified atom stereocenters. The summed E-state index contributed by atoms with van der Waals surface area (Å²) in [6.07, 6.45) is 0. The van der Waals surface area contributed by atoms with Gasteiger partial charge in [-0.3, -0.25) is 9.79 Å². The third-order valence-electron chi connectivity index (χ3n) is 5.96. The fourth-order valence-corrected chi connectivity index (χ4v) is 5.36. The Hall–Kier alpha value is -3.58. The molecule has 0 saturated carbocycles. The zero-order valence-corrected chi connectivity index (χ0v) is 21.1. The van der Waals surface area contributed by atoms with E-state index in [0.717, 1.165) is 27.4 Å². The summed E-state index contributed by atoms with van der Waals surface area (Å²) in [5.41, 5.74) is 5.12. The molecule has 1 aliphatic rings. The first kappa shape index (κ1) is 24.5. The van der Waals surface area contributed by atoms with Crippen molar-refractivity contribution in [3.05, 3.63) is 76.8 Å². The summed E-state index contributed by atoms with van der Waals surface area (Å²) in [6.45, 7) is 7.58. The van der Waals surface area contributed by atoms with Crippen molar-refractivity contribution in [3.63, 3.8) is 0 Å². The average molecular weight is 489 g/mol. The number of hydrogen-bond donors (Lipinski definition) is 0. The minimum Gasteiger partial charge on any atom is -0.465 e. The predicted molar refractivity (Wildman–Crippen MR) is 138 cm³/mol. The topological polar surface area (TPSA) is 77.8 Å². The molecule has 2 atom stereocenters. The summed E-state index contributed by atoms with van der Waals surface area (Å²) in [7, 11) is 0. The van der Waals surface area contributed by atoms with Crippen LogP contribution in [0.1, 0.15) is 39.2 Å². The molecule has 2 heterocycles. The third kappa shape index (κ3) is 4.95. The highest BCUT2D eigenvalue weighted by molar-refractivity contribution is 7.13. The lowest BCUT2D eigenvalue weighted by atomic mass is 9.74. The summed E-state index contributed by atoms with van der Waals surface area (Å²) in [6, 6.07) is 17.7. The molecule has 6 nitrogen and oxygen atoms in total. The Morgan fingerprint density at radius 2 is 1.63 bits per heavy atom. The van der Waals surface area contributed by atoms with E-state index in [9.17, 15) is 9.59 Å². The molecule has 7 heteroatoms. The Kier molecular flexibility index (Phi) is 7.56. The molecule has 180 valence electrons. The van der Waals surface area contributed by atoms with Gasteiger partial charge in [0, 0.05) is 33.8 Å². The van der Waals surface area contributed by atoms with Crippen LogP contribution >= 0.6 is 11.3 Å². The van der Waals surface area contributed by atoms with Crippen LogP contribution in [0.2, 0.25) is 0 Å². The number of ether oxygens (including phenoxy) is 2. The number of allylic oxidation sites excluding steroid dienone is 1. The normalized spacial score (nSPS) is 17.7. The number of esters is 2. The lowest BCUT2D eigenvalue weighted by Gasteiger charge is -2.32. The van der Waals surface area contributed by atoms with Crippen LogP contribution in [0, 0.1) is 5.92 Å². The second kappa shape index (κ2) is 10.8. The van der Waals surface area contributed by atoms with Crippen molar-refractivity contribution >= 4 is 29.0 Å². The largest absolute Gasteiger partial charge is 0.465 e. The Labute approximate surface area is 209 Å². The van der Waals surface area contributed by atoms with Gasteiger partial charge in [0.05, 0.1) is 24.5 Å². The maximum Gasteiger partial charge on any atom is 0.336 e. The predicted octanol–water partition coefficient (Wildman–Crippen LogP) is 6.05. The molecule has 1 aliphatic heterocycles. The minimum absolute atomic E-state index is 0.226. The van der Waals surface area contributed by atoms with Crippen LogP contribution in [0.4, 0.5) is 0 Å². The smallest absolute Gasteiger partial charge is 0.336 e. The van der Waals surface area contributed by atoms with E-state index < -0.39 is 23.8 Å². The Morgan fingerprint density at radius 1 is 0.943 bits per heavy atom. The van der Waals surface area contributed by atoms with Crippen molar-refractivity contribution < 1.29 is 19.1 Å². The van der Waals surface area contributed by atoms with Crippen molar-refractivity contribution in [3.8, 4) is 21.8 Å². The van der Waals surface area contributed by atoms with Gasteiger partial charge < -0.3 is 9.47 Å². The number of aromatic nitrogens is 1. The Morgan fingerprint density at radius 3 is 2.34 bits per heavy atom. The first-order valence-electron chi connectivity index (χ1n) is 11.7. The van der Waals surface area contributed by atoms with Crippen LogP contribution in [-0.2, 0) is 19.1 Å². The van der Waals surface area contributed by atoms with Gasteiger partial charge in [-0.2, -0.15) is 0 Å². The van der Waals surface area contributed by atoms with E-state index in [1.54, 1.807) is 27.7 Å². The van der Waals surface area contributed by atoms with Gasteiger partial charge in [0.2, 0.25) is 0 Å². The summed E-state index contributed by atoms with van der Waals surface area (Å²) in [5, 5.41) is 2.83. The molecular formula is C28H28N2O4S. The second-order valence-electron chi connectivity index (χ2n) is 8.17. The number of carbonyl (C=O) groups excluding carboxylic acids is 2. The molecule has 4 rings (SSSR count). The Bertz CT molecular complexity index is 1290. The van der Waals surface area contributed by atoms with E-state index in [4.69, 9.17) is 14.5 Å². The number of thiazole rings is 1. The fraction of sp³-hybridized carbons (Fsp3) is 0.286. The molecule has 3 aromatic rings. The number of carbonyl (C=O) groups is 2. The van der Waals surface area contributed by atoms with E-state index in [-0.39, 0.29) is 13.2 Å². The fourth-order valence-electron chi connectivity index (χ4n) is 4.49. The number of nitrogens with zero attached hydrogens (tertiary/aromatic N) is 2. The van der Waals surface area contributed by atoms with Gasteiger partial charge in [-0.25, -0.2) is 9.78 Å². The van der Waals surface area contributed by atoms with Gasteiger partial charge in [0.1, 0.15) is 10.9 Å². The standard InChI is InChI=1S/C28H28N2O4S/c1-5-33-27(31)23-17(3)29-18(4)24(28(32)34-6-2)25(23)20-14-10-11-15-21(20)26-30-22(16-35-26)19-12-8-7-9-13-19/h7-16,23,25H,5-6H2,1-4H3. The Balaban J connectivity index is 1.88. The van der Waals surface area contributed by atoms with Gasteiger partial charge in [-0.15, -0.1) is 11.3 Å². The molecule has 0 spiro atoms. The highest BCUT2D eigenvalue weighted by Crippen LogP contribution is 2.44. The maximum absolute atomic E-state index is 13.2. The molecule has 0 bridgehead atoms.